The highest BCUT2D eigenvalue weighted by atomic mass is 127. The largest absolute Gasteiger partial charge is 0.492 e. The van der Waals surface area contributed by atoms with E-state index in [1.165, 1.54) is 6.07 Å². The predicted octanol–water partition coefficient (Wildman–Crippen LogP) is 4.66. The molecule has 1 nitrogen and oxygen atoms in total. The summed E-state index contributed by atoms with van der Waals surface area (Å²) in [5.41, 5.74) is -0.684. The molecule has 0 N–H and O–H groups in total. The van der Waals surface area contributed by atoms with Crippen molar-refractivity contribution < 1.29 is 17.9 Å². The van der Waals surface area contributed by atoms with E-state index >= 15 is 0 Å². The Labute approximate surface area is 112 Å². The van der Waals surface area contributed by atoms with E-state index in [0.29, 0.717) is 10.2 Å². The molecule has 0 radical (unpaired) electrons. The molecule has 0 aromatic heterocycles. The molecule has 0 atom stereocenters. The van der Waals surface area contributed by atoms with Crippen LogP contribution in [0.25, 0.3) is 0 Å². The van der Waals surface area contributed by atoms with Gasteiger partial charge in [0.1, 0.15) is 5.75 Å². The summed E-state index contributed by atoms with van der Waals surface area (Å²) in [5, 5.41) is 0. The number of allylic oxidation sites excluding steroid dienone is 1. The highest BCUT2D eigenvalue weighted by molar-refractivity contribution is 14.1. The Bertz CT molecular complexity index is 388. The summed E-state index contributed by atoms with van der Waals surface area (Å²) in [6.45, 7) is 3.96. The molecule has 1 aromatic carbocycles. The maximum Gasteiger partial charge on any atom is 0.416 e. The summed E-state index contributed by atoms with van der Waals surface area (Å²) in [6, 6.07) is 3.50. The van der Waals surface area contributed by atoms with E-state index in [2.05, 4.69) is 6.58 Å². The van der Waals surface area contributed by atoms with Crippen LogP contribution >= 0.6 is 22.6 Å². The molecule has 0 aliphatic carbocycles. The number of hydrogen-bond donors (Lipinski definition) is 0. The zero-order valence-corrected chi connectivity index (χ0v) is 11.2. The third-order valence-corrected chi connectivity index (χ3v) is 2.96. The van der Waals surface area contributed by atoms with Gasteiger partial charge in [0.15, 0.2) is 0 Å². The zero-order chi connectivity index (χ0) is 12.9. The summed E-state index contributed by atoms with van der Waals surface area (Å²) < 4.78 is 43.4. The Morgan fingerprint density at radius 1 is 1.35 bits per heavy atom. The van der Waals surface area contributed by atoms with Crippen LogP contribution in [0.5, 0.6) is 5.75 Å². The predicted molar refractivity (Wildman–Crippen MR) is 69.1 cm³/mol. The van der Waals surface area contributed by atoms with Crippen LogP contribution in [0.4, 0.5) is 13.2 Å². The molecule has 1 aromatic rings. The van der Waals surface area contributed by atoms with Crippen LogP contribution in [0.1, 0.15) is 18.4 Å². The Morgan fingerprint density at radius 2 is 2.06 bits per heavy atom. The van der Waals surface area contributed by atoms with Gasteiger partial charge < -0.3 is 4.74 Å². The Balaban J connectivity index is 2.73. The highest BCUT2D eigenvalue weighted by Crippen LogP contribution is 2.33. The van der Waals surface area contributed by atoms with Gasteiger partial charge in [0.05, 0.1) is 15.7 Å². The second-order valence-electron chi connectivity index (χ2n) is 3.42. The molecule has 0 fully saturated rings. The first-order valence-electron chi connectivity index (χ1n) is 5.05. The molecule has 0 saturated carbocycles. The van der Waals surface area contributed by atoms with Crippen molar-refractivity contribution in [3.63, 3.8) is 0 Å². The standard InChI is InChI=1S/C12H12F3IO/c1-2-3-4-7-17-11-8-9(12(13,14)15)5-6-10(11)16/h2,5-6,8H,1,3-4,7H2. The summed E-state index contributed by atoms with van der Waals surface area (Å²) in [7, 11) is 0. The molecule has 0 amide bonds. The lowest BCUT2D eigenvalue weighted by Gasteiger charge is -2.11. The molecule has 1 rings (SSSR count). The van der Waals surface area contributed by atoms with Crippen LogP contribution in [0.3, 0.4) is 0 Å². The lowest BCUT2D eigenvalue weighted by molar-refractivity contribution is -0.137. The minimum Gasteiger partial charge on any atom is -0.492 e. The number of rotatable bonds is 5. The number of hydrogen-bond acceptors (Lipinski definition) is 1. The van der Waals surface area contributed by atoms with Crippen LogP contribution in [0.15, 0.2) is 30.9 Å². The summed E-state index contributed by atoms with van der Waals surface area (Å²) in [5.74, 6) is 0.282. The minimum atomic E-state index is -4.33. The third kappa shape index (κ3) is 4.57. The van der Waals surface area contributed by atoms with Crippen molar-refractivity contribution in [3.05, 3.63) is 40.0 Å². The lowest BCUT2D eigenvalue weighted by Crippen LogP contribution is -2.06. The van der Waals surface area contributed by atoms with Gasteiger partial charge in [-0.15, -0.1) is 6.58 Å². The fraction of sp³-hybridized carbons (Fsp3) is 0.333. The molecule has 0 heterocycles. The first kappa shape index (κ1) is 14.3. The summed E-state index contributed by atoms with van der Waals surface area (Å²) in [6.07, 6.45) is -1.05. The number of ether oxygens (including phenoxy) is 1. The van der Waals surface area contributed by atoms with Gasteiger partial charge in [0.25, 0.3) is 0 Å². The van der Waals surface area contributed by atoms with Gasteiger partial charge in [-0.05, 0) is 53.6 Å². The molecule has 0 aliphatic rings. The maximum absolute atomic E-state index is 12.5. The number of alkyl halides is 3. The van der Waals surface area contributed by atoms with E-state index in [9.17, 15) is 13.2 Å². The van der Waals surface area contributed by atoms with Crippen LogP contribution in [-0.4, -0.2) is 6.61 Å². The van der Waals surface area contributed by atoms with Gasteiger partial charge in [0.2, 0.25) is 0 Å². The van der Waals surface area contributed by atoms with Crippen molar-refractivity contribution in [2.45, 2.75) is 19.0 Å². The molecular formula is C12H12F3IO. The monoisotopic (exact) mass is 356 g/mol. The fourth-order valence-corrected chi connectivity index (χ4v) is 1.69. The maximum atomic E-state index is 12.5. The van der Waals surface area contributed by atoms with Gasteiger partial charge in [-0.25, -0.2) is 0 Å². The van der Waals surface area contributed by atoms with E-state index in [0.717, 1.165) is 25.0 Å². The van der Waals surface area contributed by atoms with E-state index < -0.39 is 11.7 Å². The average Bonchev–Trinajstić information content (AvgIpc) is 2.25. The first-order valence-corrected chi connectivity index (χ1v) is 6.13. The number of halogens is 4. The van der Waals surface area contributed by atoms with Crippen molar-refractivity contribution in [1.29, 1.82) is 0 Å². The molecule has 17 heavy (non-hydrogen) atoms. The topological polar surface area (TPSA) is 9.23 Å². The van der Waals surface area contributed by atoms with Crippen molar-refractivity contribution >= 4 is 22.6 Å². The van der Waals surface area contributed by atoms with E-state index in [4.69, 9.17) is 4.74 Å². The SMILES string of the molecule is C=CCCCOc1cc(C(F)(F)F)ccc1I. The molecular weight excluding hydrogens is 344 g/mol. The fourth-order valence-electron chi connectivity index (χ4n) is 1.20. The van der Waals surface area contributed by atoms with Crippen LogP contribution in [-0.2, 0) is 6.18 Å². The average molecular weight is 356 g/mol. The summed E-state index contributed by atoms with van der Waals surface area (Å²) in [4.78, 5) is 0. The van der Waals surface area contributed by atoms with Crippen molar-refractivity contribution in [1.82, 2.24) is 0 Å². The van der Waals surface area contributed by atoms with Gasteiger partial charge in [-0.3, -0.25) is 0 Å². The normalized spacial score (nSPS) is 11.3. The lowest BCUT2D eigenvalue weighted by atomic mass is 10.2. The number of benzene rings is 1. The third-order valence-electron chi connectivity index (χ3n) is 2.07. The second-order valence-corrected chi connectivity index (χ2v) is 4.58. The Morgan fingerprint density at radius 3 is 2.65 bits per heavy atom. The Kier molecular flexibility index (Phi) is 5.30. The van der Waals surface area contributed by atoms with Crippen LogP contribution in [0, 0.1) is 3.57 Å². The van der Waals surface area contributed by atoms with E-state index in [1.807, 2.05) is 22.6 Å². The highest BCUT2D eigenvalue weighted by Gasteiger charge is 2.31. The first-order chi connectivity index (χ1) is 7.95. The van der Waals surface area contributed by atoms with Crippen molar-refractivity contribution in [2.24, 2.45) is 0 Å². The second kappa shape index (κ2) is 6.28. The Hall–Kier alpha value is -0.720. The molecule has 0 saturated heterocycles. The van der Waals surface area contributed by atoms with E-state index in [-0.39, 0.29) is 5.75 Å². The summed E-state index contributed by atoms with van der Waals surface area (Å²) >= 11 is 1.95. The van der Waals surface area contributed by atoms with Gasteiger partial charge >= 0.3 is 6.18 Å². The van der Waals surface area contributed by atoms with Gasteiger partial charge in [-0.2, -0.15) is 13.2 Å². The minimum absolute atomic E-state index is 0.282. The molecule has 94 valence electrons. The van der Waals surface area contributed by atoms with Crippen molar-refractivity contribution in [3.8, 4) is 5.75 Å². The van der Waals surface area contributed by atoms with E-state index in [1.54, 1.807) is 6.08 Å². The van der Waals surface area contributed by atoms with Crippen LogP contribution < -0.4 is 4.74 Å². The number of unbranched alkanes of at least 4 members (excludes halogenated alkanes) is 1. The molecule has 0 bridgehead atoms. The molecule has 0 unspecified atom stereocenters. The molecule has 5 heteroatoms. The zero-order valence-electron chi connectivity index (χ0n) is 9.06. The van der Waals surface area contributed by atoms with Gasteiger partial charge in [0, 0.05) is 0 Å². The molecule has 0 spiro atoms. The van der Waals surface area contributed by atoms with Crippen LogP contribution in [0.2, 0.25) is 0 Å². The molecule has 0 aliphatic heterocycles. The van der Waals surface area contributed by atoms with Gasteiger partial charge in [-0.1, -0.05) is 6.08 Å². The quantitative estimate of drug-likeness (QED) is 0.424. The smallest absolute Gasteiger partial charge is 0.416 e. The van der Waals surface area contributed by atoms with Crippen molar-refractivity contribution in [2.75, 3.05) is 6.61 Å².